The molecular weight excluding hydrogens is 255 g/mol. The highest BCUT2D eigenvalue weighted by molar-refractivity contribution is 5.72. The van der Waals surface area contributed by atoms with Gasteiger partial charge in [-0.1, -0.05) is 0 Å². The average Bonchev–Trinajstić information content (AvgIpc) is 2.74. The molecule has 3 rings (SSSR count). The number of nitrogens with zero attached hydrogens (tertiary/aromatic N) is 2. The van der Waals surface area contributed by atoms with Crippen molar-refractivity contribution in [3.05, 3.63) is 34.9 Å². The normalized spacial score (nSPS) is 18.1. The summed E-state index contributed by atoms with van der Waals surface area (Å²) in [6.07, 6.45) is 0.996. The van der Waals surface area contributed by atoms with Crippen LogP contribution in [0.2, 0.25) is 0 Å². The topological polar surface area (TPSA) is 55.9 Å². The maximum absolute atomic E-state index is 13.7. The minimum Gasteiger partial charge on any atom is -0.383 e. The number of hydrogen-bond donors (Lipinski definition) is 2. The number of halogens is 1. The van der Waals surface area contributed by atoms with Crippen LogP contribution in [0.5, 0.6) is 0 Å². The first kappa shape index (κ1) is 13.1. The van der Waals surface area contributed by atoms with Gasteiger partial charge in [-0.3, -0.25) is 9.88 Å². The molecule has 1 atom stereocenters. The van der Waals surface area contributed by atoms with Gasteiger partial charge in [-0.15, -0.1) is 0 Å². The summed E-state index contributed by atoms with van der Waals surface area (Å²) in [5.41, 5.74) is 9.13. The summed E-state index contributed by atoms with van der Waals surface area (Å²) in [5.74, 6) is 1.47. The Balaban J connectivity index is 2.16. The molecule has 4 nitrogen and oxygen atoms in total. The quantitative estimate of drug-likeness (QED) is 0.840. The molecule has 0 fully saturated rings. The predicted molar refractivity (Wildman–Crippen MR) is 77.9 cm³/mol. The van der Waals surface area contributed by atoms with Gasteiger partial charge in [0.1, 0.15) is 23.2 Å². The second kappa shape index (κ2) is 4.59. The second-order valence-electron chi connectivity index (χ2n) is 5.44. The van der Waals surface area contributed by atoms with E-state index in [1.54, 1.807) is 13.8 Å². The fraction of sp³-hybridized carbons (Fsp3) is 0.400. The van der Waals surface area contributed by atoms with E-state index in [9.17, 15) is 4.39 Å². The lowest BCUT2D eigenvalue weighted by molar-refractivity contribution is 0.391. The molecule has 0 saturated carbocycles. The Morgan fingerprint density at radius 3 is 2.60 bits per heavy atom. The summed E-state index contributed by atoms with van der Waals surface area (Å²) in [6, 6.07) is 3.62. The lowest BCUT2D eigenvalue weighted by Crippen LogP contribution is -2.33. The van der Waals surface area contributed by atoms with E-state index in [0.717, 1.165) is 30.0 Å². The number of nitrogens with one attached hydrogen (secondary N) is 1. The molecule has 5 heteroatoms. The van der Waals surface area contributed by atoms with Crippen LogP contribution < -0.4 is 11.1 Å². The van der Waals surface area contributed by atoms with Gasteiger partial charge in [0.05, 0.1) is 6.17 Å². The highest BCUT2D eigenvalue weighted by Crippen LogP contribution is 2.32. The fourth-order valence-electron chi connectivity index (χ4n) is 2.88. The Bertz CT molecular complexity index is 652. The molecule has 106 valence electrons. The number of aromatic nitrogens is 2. The van der Waals surface area contributed by atoms with Gasteiger partial charge < -0.3 is 5.73 Å². The predicted octanol–water partition coefficient (Wildman–Crippen LogP) is 2.55. The van der Waals surface area contributed by atoms with Crippen LogP contribution in [0.3, 0.4) is 0 Å². The molecule has 1 aromatic heterocycles. The van der Waals surface area contributed by atoms with Crippen molar-refractivity contribution in [1.29, 1.82) is 0 Å². The third kappa shape index (κ3) is 1.89. The summed E-state index contributed by atoms with van der Waals surface area (Å²) in [6.45, 7) is 6.49. The Labute approximate surface area is 117 Å². The van der Waals surface area contributed by atoms with Crippen LogP contribution in [0.15, 0.2) is 12.1 Å². The van der Waals surface area contributed by atoms with Gasteiger partial charge >= 0.3 is 0 Å². The van der Waals surface area contributed by atoms with Gasteiger partial charge in [0, 0.05) is 18.5 Å². The van der Waals surface area contributed by atoms with E-state index in [2.05, 4.69) is 17.2 Å². The van der Waals surface area contributed by atoms with Crippen molar-refractivity contribution < 1.29 is 4.39 Å². The molecule has 0 unspecified atom stereocenters. The first-order chi connectivity index (χ1) is 9.49. The van der Waals surface area contributed by atoms with Crippen LogP contribution in [-0.4, -0.2) is 16.1 Å². The van der Waals surface area contributed by atoms with Crippen molar-refractivity contribution in [2.75, 3.05) is 12.3 Å². The lowest BCUT2D eigenvalue weighted by Gasteiger charge is -2.24. The molecule has 0 aliphatic carbocycles. The summed E-state index contributed by atoms with van der Waals surface area (Å²) in [5, 5.41) is 3.36. The standard InChI is InChI=1S/C15H19FN4/c1-8-6-11(7-9(2)13(8)16)14-15(17)20-10(3)18-5-4-12(20)19-14/h6-7,10,18H,4-5,17H2,1-3H3/t10-/m1/s1. The lowest BCUT2D eigenvalue weighted by atomic mass is 10.0. The van der Waals surface area contributed by atoms with Crippen LogP contribution >= 0.6 is 0 Å². The number of benzene rings is 1. The van der Waals surface area contributed by atoms with Gasteiger partial charge in [0.15, 0.2) is 0 Å². The number of nitrogens with two attached hydrogens (primary N) is 1. The molecule has 0 amide bonds. The Hall–Kier alpha value is -1.88. The van der Waals surface area contributed by atoms with E-state index in [0.29, 0.717) is 16.9 Å². The van der Waals surface area contributed by atoms with Crippen LogP contribution in [0.4, 0.5) is 10.2 Å². The van der Waals surface area contributed by atoms with Crippen molar-refractivity contribution in [3.63, 3.8) is 0 Å². The molecule has 3 N–H and O–H groups in total. The van der Waals surface area contributed by atoms with Gasteiger partial charge in [-0.05, 0) is 44.0 Å². The molecule has 0 spiro atoms. The molecule has 2 heterocycles. The largest absolute Gasteiger partial charge is 0.383 e. The van der Waals surface area contributed by atoms with E-state index in [-0.39, 0.29) is 12.0 Å². The molecule has 1 aliphatic rings. The Kier molecular flexibility index (Phi) is 3.01. The van der Waals surface area contributed by atoms with E-state index < -0.39 is 0 Å². The van der Waals surface area contributed by atoms with Gasteiger partial charge in [0.2, 0.25) is 0 Å². The smallest absolute Gasteiger partial charge is 0.133 e. The molecule has 0 radical (unpaired) electrons. The zero-order valence-corrected chi connectivity index (χ0v) is 12.0. The number of nitrogen functional groups attached to an aromatic ring is 1. The number of fused-ring (bicyclic) bond motifs is 1. The monoisotopic (exact) mass is 274 g/mol. The van der Waals surface area contributed by atoms with Crippen molar-refractivity contribution in [2.24, 2.45) is 0 Å². The van der Waals surface area contributed by atoms with Gasteiger partial charge in [0.25, 0.3) is 0 Å². The molecule has 2 aromatic rings. The highest BCUT2D eigenvalue weighted by atomic mass is 19.1. The zero-order valence-electron chi connectivity index (χ0n) is 12.0. The van der Waals surface area contributed by atoms with Crippen LogP contribution in [0.25, 0.3) is 11.3 Å². The molecule has 0 saturated heterocycles. The zero-order chi connectivity index (χ0) is 14.4. The molecule has 20 heavy (non-hydrogen) atoms. The summed E-state index contributed by atoms with van der Waals surface area (Å²) in [4.78, 5) is 4.66. The second-order valence-corrected chi connectivity index (χ2v) is 5.44. The van der Waals surface area contributed by atoms with Crippen LogP contribution in [-0.2, 0) is 6.42 Å². The highest BCUT2D eigenvalue weighted by Gasteiger charge is 2.23. The van der Waals surface area contributed by atoms with Crippen LogP contribution in [0.1, 0.15) is 30.0 Å². The van der Waals surface area contributed by atoms with Crippen molar-refractivity contribution in [3.8, 4) is 11.3 Å². The summed E-state index contributed by atoms with van der Waals surface area (Å²) < 4.78 is 15.8. The van der Waals surface area contributed by atoms with E-state index in [1.165, 1.54) is 0 Å². The first-order valence-electron chi connectivity index (χ1n) is 6.86. The van der Waals surface area contributed by atoms with Gasteiger partial charge in [-0.25, -0.2) is 9.37 Å². The maximum atomic E-state index is 13.7. The number of rotatable bonds is 1. The number of imidazole rings is 1. The summed E-state index contributed by atoms with van der Waals surface area (Å²) in [7, 11) is 0. The molecular formula is C15H19FN4. The van der Waals surface area contributed by atoms with E-state index in [1.807, 2.05) is 16.7 Å². The number of aryl methyl sites for hydroxylation is 2. The molecule has 1 aromatic carbocycles. The fourth-order valence-corrected chi connectivity index (χ4v) is 2.88. The SMILES string of the molecule is Cc1cc(-c2nc3n(c2N)[C@H](C)NCC3)cc(C)c1F. The Morgan fingerprint density at radius 2 is 2.00 bits per heavy atom. The van der Waals surface area contributed by atoms with Crippen molar-refractivity contribution in [1.82, 2.24) is 14.9 Å². The van der Waals surface area contributed by atoms with Gasteiger partial charge in [-0.2, -0.15) is 0 Å². The van der Waals surface area contributed by atoms with Crippen molar-refractivity contribution >= 4 is 5.82 Å². The van der Waals surface area contributed by atoms with Crippen molar-refractivity contribution in [2.45, 2.75) is 33.4 Å². The third-order valence-corrected chi connectivity index (χ3v) is 3.91. The molecule has 1 aliphatic heterocycles. The van der Waals surface area contributed by atoms with Crippen LogP contribution in [0, 0.1) is 19.7 Å². The first-order valence-corrected chi connectivity index (χ1v) is 6.86. The number of anilines is 1. The third-order valence-electron chi connectivity index (χ3n) is 3.91. The minimum absolute atomic E-state index is 0.141. The van der Waals surface area contributed by atoms with E-state index >= 15 is 0 Å². The minimum atomic E-state index is -0.161. The Morgan fingerprint density at radius 1 is 1.35 bits per heavy atom. The van der Waals surface area contributed by atoms with E-state index in [4.69, 9.17) is 5.73 Å². The molecule has 0 bridgehead atoms. The average molecular weight is 274 g/mol. The summed E-state index contributed by atoms with van der Waals surface area (Å²) >= 11 is 0. The maximum Gasteiger partial charge on any atom is 0.133 e. The number of hydrogen-bond acceptors (Lipinski definition) is 3.